The summed E-state index contributed by atoms with van der Waals surface area (Å²) in [6.07, 6.45) is 3.76. The molecule has 8 nitrogen and oxygen atoms in total. The van der Waals surface area contributed by atoms with E-state index in [9.17, 15) is 18.0 Å². The van der Waals surface area contributed by atoms with Gasteiger partial charge in [-0.15, -0.1) is 0 Å². The van der Waals surface area contributed by atoms with Gasteiger partial charge in [-0.25, -0.2) is 22.7 Å². The largest absolute Gasteiger partial charge is 0.468 e. The molecule has 1 aromatic carbocycles. The molecule has 0 aliphatic rings. The quantitative estimate of drug-likeness (QED) is 0.501. The van der Waals surface area contributed by atoms with Crippen LogP contribution in [0.25, 0.3) is 6.08 Å². The average Bonchev–Trinajstić information content (AvgIpc) is 3.17. The first kappa shape index (κ1) is 21.4. The molecule has 2 aromatic rings. The molecular formula is C19H21NO7S. The van der Waals surface area contributed by atoms with Crippen LogP contribution in [0.4, 0.5) is 0 Å². The number of carbonyl (C=O) groups is 2. The van der Waals surface area contributed by atoms with Crippen LogP contribution in [0.5, 0.6) is 0 Å². The number of ether oxygens (including phenoxy) is 2. The second-order valence-corrected chi connectivity index (χ2v) is 7.72. The van der Waals surface area contributed by atoms with E-state index in [1.807, 2.05) is 0 Å². The second-order valence-electron chi connectivity index (χ2n) is 5.95. The standard InChI is InChI=1S/C19H21NO7S/c1-14(2)27-19(22)13-26-18(21)10-7-15-5-8-17(9-6-15)28(23,24)20-12-16-4-3-11-25-16/h3-11,14,20H,12-13H2,1-2H3/b10-7+. The predicted molar refractivity (Wildman–Crippen MR) is 100 cm³/mol. The average molecular weight is 407 g/mol. The number of esters is 2. The first-order valence-electron chi connectivity index (χ1n) is 8.43. The van der Waals surface area contributed by atoms with E-state index in [2.05, 4.69) is 4.72 Å². The molecule has 0 radical (unpaired) electrons. The molecule has 9 heteroatoms. The Balaban J connectivity index is 1.88. The van der Waals surface area contributed by atoms with Gasteiger partial charge in [0, 0.05) is 6.08 Å². The van der Waals surface area contributed by atoms with Crippen LogP contribution >= 0.6 is 0 Å². The minimum atomic E-state index is -3.69. The van der Waals surface area contributed by atoms with Gasteiger partial charge in [0.1, 0.15) is 5.76 Å². The maximum Gasteiger partial charge on any atom is 0.344 e. The molecule has 0 bridgehead atoms. The summed E-state index contributed by atoms with van der Waals surface area (Å²) >= 11 is 0. The molecule has 0 spiro atoms. The summed E-state index contributed by atoms with van der Waals surface area (Å²) in [5.41, 5.74) is 0.590. The first-order chi connectivity index (χ1) is 13.3. The van der Waals surface area contributed by atoms with Gasteiger partial charge < -0.3 is 13.9 Å². The zero-order valence-electron chi connectivity index (χ0n) is 15.5. The molecule has 0 fully saturated rings. The number of sulfonamides is 1. The van der Waals surface area contributed by atoms with Crippen molar-refractivity contribution < 1.29 is 31.9 Å². The summed E-state index contributed by atoms with van der Waals surface area (Å²) in [7, 11) is -3.69. The first-order valence-corrected chi connectivity index (χ1v) is 9.91. The Morgan fingerprint density at radius 2 is 1.89 bits per heavy atom. The number of hydrogen-bond donors (Lipinski definition) is 1. The summed E-state index contributed by atoms with van der Waals surface area (Å²) in [6, 6.07) is 9.24. The Bertz CT molecular complexity index is 914. The van der Waals surface area contributed by atoms with E-state index in [0.29, 0.717) is 11.3 Å². The van der Waals surface area contributed by atoms with Gasteiger partial charge in [0.25, 0.3) is 0 Å². The van der Waals surface area contributed by atoms with E-state index >= 15 is 0 Å². The van der Waals surface area contributed by atoms with Crippen molar-refractivity contribution >= 4 is 28.0 Å². The number of furan rings is 1. The molecule has 0 unspecified atom stereocenters. The number of rotatable bonds is 9. The third-order valence-electron chi connectivity index (χ3n) is 3.32. The van der Waals surface area contributed by atoms with Crippen molar-refractivity contribution in [2.45, 2.75) is 31.4 Å². The van der Waals surface area contributed by atoms with Crippen molar-refractivity contribution in [1.82, 2.24) is 4.72 Å². The molecule has 1 aromatic heterocycles. The Morgan fingerprint density at radius 1 is 1.18 bits per heavy atom. The van der Waals surface area contributed by atoms with Crippen molar-refractivity contribution in [2.24, 2.45) is 0 Å². The number of benzene rings is 1. The van der Waals surface area contributed by atoms with Gasteiger partial charge in [-0.05, 0) is 49.8 Å². The zero-order chi connectivity index (χ0) is 20.6. The van der Waals surface area contributed by atoms with E-state index in [0.717, 1.165) is 6.08 Å². The fourth-order valence-electron chi connectivity index (χ4n) is 2.06. The lowest BCUT2D eigenvalue weighted by Crippen LogP contribution is -2.22. The summed E-state index contributed by atoms with van der Waals surface area (Å²) in [6.45, 7) is 2.95. The molecule has 0 atom stereocenters. The predicted octanol–water partition coefficient (Wildman–Crippen LogP) is 2.27. The molecule has 150 valence electrons. The van der Waals surface area contributed by atoms with E-state index in [-0.39, 0.29) is 17.5 Å². The van der Waals surface area contributed by atoms with Crippen molar-refractivity contribution in [2.75, 3.05) is 6.61 Å². The van der Waals surface area contributed by atoms with Gasteiger partial charge in [0.05, 0.1) is 23.8 Å². The van der Waals surface area contributed by atoms with Crippen molar-refractivity contribution in [3.63, 3.8) is 0 Å². The van der Waals surface area contributed by atoms with Crippen molar-refractivity contribution in [3.8, 4) is 0 Å². The van der Waals surface area contributed by atoms with Crippen molar-refractivity contribution in [3.05, 3.63) is 60.1 Å². The van der Waals surface area contributed by atoms with Gasteiger partial charge in [-0.1, -0.05) is 12.1 Å². The normalized spacial score (nSPS) is 11.7. The highest BCUT2D eigenvalue weighted by molar-refractivity contribution is 7.89. The second kappa shape index (κ2) is 9.86. The SMILES string of the molecule is CC(C)OC(=O)COC(=O)/C=C/c1ccc(S(=O)(=O)NCc2ccco2)cc1. The molecule has 2 rings (SSSR count). The molecule has 0 saturated carbocycles. The number of nitrogens with one attached hydrogen (secondary N) is 1. The summed E-state index contributed by atoms with van der Waals surface area (Å²) in [4.78, 5) is 23.0. The molecular weight excluding hydrogens is 386 g/mol. The van der Waals surface area contributed by atoms with Crippen LogP contribution in [0.2, 0.25) is 0 Å². The third kappa shape index (κ3) is 7.01. The molecule has 0 aliphatic carbocycles. The van der Waals surface area contributed by atoms with E-state index in [1.54, 1.807) is 26.0 Å². The summed E-state index contributed by atoms with van der Waals surface area (Å²) in [5, 5.41) is 0. The third-order valence-corrected chi connectivity index (χ3v) is 4.74. The fourth-order valence-corrected chi connectivity index (χ4v) is 3.05. The lowest BCUT2D eigenvalue weighted by atomic mass is 10.2. The Kier molecular flexibility index (Phi) is 7.53. The van der Waals surface area contributed by atoms with Crippen LogP contribution in [0.15, 0.2) is 58.1 Å². The number of hydrogen-bond acceptors (Lipinski definition) is 7. The molecule has 1 N–H and O–H groups in total. The Hall–Kier alpha value is -2.91. The van der Waals surface area contributed by atoms with Gasteiger partial charge in [-0.2, -0.15) is 0 Å². The minimum Gasteiger partial charge on any atom is -0.468 e. The van der Waals surface area contributed by atoms with Gasteiger partial charge in [0.15, 0.2) is 6.61 Å². The van der Waals surface area contributed by atoms with Gasteiger partial charge >= 0.3 is 11.9 Å². The van der Waals surface area contributed by atoms with Crippen LogP contribution in [-0.2, 0) is 35.6 Å². The van der Waals surface area contributed by atoms with Gasteiger partial charge in [-0.3, -0.25) is 0 Å². The van der Waals surface area contributed by atoms with Crippen LogP contribution in [0.3, 0.4) is 0 Å². The van der Waals surface area contributed by atoms with Gasteiger partial charge in [0.2, 0.25) is 10.0 Å². The Labute approximate surface area is 163 Å². The number of carbonyl (C=O) groups excluding carboxylic acids is 2. The minimum absolute atomic E-state index is 0.0437. The topological polar surface area (TPSA) is 112 Å². The van der Waals surface area contributed by atoms with Crippen LogP contribution < -0.4 is 4.72 Å². The lowest BCUT2D eigenvalue weighted by Gasteiger charge is -2.07. The van der Waals surface area contributed by atoms with E-state index < -0.39 is 28.6 Å². The highest BCUT2D eigenvalue weighted by atomic mass is 32.2. The van der Waals surface area contributed by atoms with E-state index in [1.165, 1.54) is 36.6 Å². The Morgan fingerprint density at radius 3 is 2.50 bits per heavy atom. The zero-order valence-corrected chi connectivity index (χ0v) is 16.3. The molecule has 0 aliphatic heterocycles. The van der Waals surface area contributed by atoms with Crippen LogP contribution in [0, 0.1) is 0 Å². The smallest absolute Gasteiger partial charge is 0.344 e. The van der Waals surface area contributed by atoms with Crippen molar-refractivity contribution in [1.29, 1.82) is 0 Å². The summed E-state index contributed by atoms with van der Waals surface area (Å²) in [5.74, 6) is -0.843. The van der Waals surface area contributed by atoms with E-state index in [4.69, 9.17) is 13.9 Å². The highest BCUT2D eigenvalue weighted by Crippen LogP contribution is 2.12. The highest BCUT2D eigenvalue weighted by Gasteiger charge is 2.14. The molecule has 0 amide bonds. The van der Waals surface area contributed by atoms with Crippen LogP contribution in [0.1, 0.15) is 25.2 Å². The fraction of sp³-hybridized carbons (Fsp3) is 0.263. The molecule has 28 heavy (non-hydrogen) atoms. The van der Waals surface area contributed by atoms with Crippen LogP contribution in [-0.4, -0.2) is 33.1 Å². The molecule has 1 heterocycles. The molecule has 0 saturated heterocycles. The maximum atomic E-state index is 12.2. The maximum absolute atomic E-state index is 12.2. The monoisotopic (exact) mass is 407 g/mol. The summed E-state index contributed by atoms with van der Waals surface area (Å²) < 4.78 is 41.6. The lowest BCUT2D eigenvalue weighted by molar-refractivity contribution is -0.158.